The van der Waals surface area contributed by atoms with Gasteiger partial charge in [0.1, 0.15) is 17.2 Å². The summed E-state index contributed by atoms with van der Waals surface area (Å²) in [5.41, 5.74) is 1.85. The molecule has 1 atom stereocenters. The molecule has 2 aliphatic carbocycles. The molecule has 1 aromatic carbocycles. The van der Waals surface area contributed by atoms with E-state index in [1.807, 2.05) is 22.8 Å². The topological polar surface area (TPSA) is 89.4 Å². The fourth-order valence-electron chi connectivity index (χ4n) is 4.94. The fraction of sp³-hybridized carbons (Fsp3) is 0.500. The highest BCUT2D eigenvalue weighted by Crippen LogP contribution is 2.34. The lowest BCUT2D eigenvalue weighted by molar-refractivity contribution is 0.0411. The zero-order valence-electron chi connectivity index (χ0n) is 18.8. The van der Waals surface area contributed by atoms with E-state index in [1.54, 1.807) is 12.4 Å². The Hall–Kier alpha value is -2.93. The Kier molecular flexibility index (Phi) is 6.31. The van der Waals surface area contributed by atoms with Crippen molar-refractivity contribution in [2.45, 2.75) is 69.6 Å². The van der Waals surface area contributed by atoms with E-state index in [0.29, 0.717) is 6.61 Å². The van der Waals surface area contributed by atoms with Crippen molar-refractivity contribution in [2.24, 2.45) is 0 Å². The van der Waals surface area contributed by atoms with Gasteiger partial charge in [-0.1, -0.05) is 43.5 Å². The highest BCUT2D eigenvalue weighted by atomic mass is 16.5. The molecule has 2 fully saturated rings. The molecule has 2 aromatic rings. The Bertz CT molecular complexity index is 1100. The summed E-state index contributed by atoms with van der Waals surface area (Å²) in [4.78, 5) is 39.2. The van der Waals surface area contributed by atoms with Gasteiger partial charge in [-0.25, -0.2) is 0 Å². The van der Waals surface area contributed by atoms with E-state index >= 15 is 0 Å². The standard InChI is InChI=1S/C26H31N3O4/c30-24-21(25(31)27-14-23-20-9-5-4-6-17(20)12-13-33-23)15-29(19-10-11-19)16-22(24)26(32)28-18-7-2-1-3-8-18/h4-6,9,15-16,18-19,23H,1-3,7-8,10-14H2,(H,27,31)(H,28,32)/t23-/m1/s1. The maximum Gasteiger partial charge on any atom is 0.256 e. The first-order valence-corrected chi connectivity index (χ1v) is 12.1. The van der Waals surface area contributed by atoms with Crippen LogP contribution in [0.25, 0.3) is 0 Å². The van der Waals surface area contributed by atoms with E-state index in [4.69, 9.17) is 4.74 Å². The summed E-state index contributed by atoms with van der Waals surface area (Å²) in [6.45, 7) is 0.875. The largest absolute Gasteiger partial charge is 0.371 e. The third-order valence-electron chi connectivity index (χ3n) is 6.98. The quantitative estimate of drug-likeness (QED) is 0.708. The molecule has 3 aliphatic rings. The second kappa shape index (κ2) is 9.51. The lowest BCUT2D eigenvalue weighted by atomic mass is 9.95. The first-order valence-electron chi connectivity index (χ1n) is 12.1. The molecule has 7 nitrogen and oxygen atoms in total. The summed E-state index contributed by atoms with van der Waals surface area (Å²) in [6, 6.07) is 8.40. The number of benzene rings is 1. The van der Waals surface area contributed by atoms with Crippen molar-refractivity contribution in [1.29, 1.82) is 0 Å². The van der Waals surface area contributed by atoms with Crippen LogP contribution in [0.5, 0.6) is 0 Å². The smallest absolute Gasteiger partial charge is 0.256 e. The summed E-state index contributed by atoms with van der Waals surface area (Å²) in [5, 5.41) is 5.89. The predicted octanol–water partition coefficient (Wildman–Crippen LogP) is 3.29. The van der Waals surface area contributed by atoms with Gasteiger partial charge in [0.05, 0.1) is 6.61 Å². The van der Waals surface area contributed by atoms with Crippen LogP contribution in [0.4, 0.5) is 0 Å². The van der Waals surface area contributed by atoms with Gasteiger partial charge in [0.2, 0.25) is 5.43 Å². The van der Waals surface area contributed by atoms with E-state index in [9.17, 15) is 14.4 Å². The zero-order chi connectivity index (χ0) is 22.8. The number of carbonyl (C=O) groups is 2. The highest BCUT2D eigenvalue weighted by molar-refractivity contribution is 5.99. The van der Waals surface area contributed by atoms with Gasteiger partial charge in [-0.3, -0.25) is 14.4 Å². The molecule has 5 rings (SSSR count). The van der Waals surface area contributed by atoms with Gasteiger partial charge in [0.15, 0.2) is 0 Å². The van der Waals surface area contributed by atoms with Crippen LogP contribution in [-0.2, 0) is 11.2 Å². The number of aromatic nitrogens is 1. The molecule has 0 radical (unpaired) electrons. The van der Waals surface area contributed by atoms with Crippen molar-refractivity contribution in [2.75, 3.05) is 13.2 Å². The van der Waals surface area contributed by atoms with Crippen LogP contribution in [0.1, 0.15) is 88.9 Å². The second-order valence-electron chi connectivity index (χ2n) is 9.42. The molecular weight excluding hydrogens is 418 g/mol. The molecule has 0 unspecified atom stereocenters. The SMILES string of the molecule is O=C(NC[C@H]1OCCc2ccccc21)c1cn(C2CC2)cc(C(=O)NC2CCCCC2)c1=O. The Balaban J connectivity index is 1.34. The molecule has 2 N–H and O–H groups in total. The van der Waals surface area contributed by atoms with Crippen LogP contribution in [0.15, 0.2) is 41.5 Å². The zero-order valence-corrected chi connectivity index (χ0v) is 18.8. The minimum absolute atomic E-state index is 0.0160. The van der Waals surface area contributed by atoms with Gasteiger partial charge in [0.25, 0.3) is 11.8 Å². The number of amides is 2. The van der Waals surface area contributed by atoms with Crippen molar-refractivity contribution in [1.82, 2.24) is 15.2 Å². The number of nitrogens with zero attached hydrogens (tertiary/aromatic N) is 1. The van der Waals surface area contributed by atoms with Gasteiger partial charge >= 0.3 is 0 Å². The number of carbonyl (C=O) groups excluding carboxylic acids is 2. The number of rotatable bonds is 6. The predicted molar refractivity (Wildman–Crippen MR) is 124 cm³/mol. The Morgan fingerprint density at radius 2 is 1.70 bits per heavy atom. The average Bonchev–Trinajstić information content (AvgIpc) is 3.69. The minimum Gasteiger partial charge on any atom is -0.371 e. The lowest BCUT2D eigenvalue weighted by Crippen LogP contribution is -2.41. The van der Waals surface area contributed by atoms with Crippen molar-refractivity contribution >= 4 is 11.8 Å². The monoisotopic (exact) mass is 449 g/mol. The highest BCUT2D eigenvalue weighted by Gasteiger charge is 2.28. The van der Waals surface area contributed by atoms with Crippen molar-refractivity contribution in [3.8, 4) is 0 Å². The third-order valence-corrected chi connectivity index (χ3v) is 6.98. The maximum absolute atomic E-state index is 13.2. The van der Waals surface area contributed by atoms with Crippen LogP contribution in [0.3, 0.4) is 0 Å². The molecule has 0 spiro atoms. The minimum atomic E-state index is -0.511. The molecule has 7 heteroatoms. The van der Waals surface area contributed by atoms with Gasteiger partial charge in [-0.2, -0.15) is 0 Å². The normalized spacial score (nSPS) is 20.7. The van der Waals surface area contributed by atoms with Crippen LogP contribution < -0.4 is 16.1 Å². The van der Waals surface area contributed by atoms with Crippen LogP contribution >= 0.6 is 0 Å². The fourth-order valence-corrected chi connectivity index (χ4v) is 4.94. The van der Waals surface area contributed by atoms with E-state index in [1.165, 1.54) is 12.0 Å². The van der Waals surface area contributed by atoms with Gasteiger partial charge < -0.3 is 19.9 Å². The van der Waals surface area contributed by atoms with Gasteiger partial charge in [-0.05, 0) is 43.2 Å². The molecule has 2 amide bonds. The van der Waals surface area contributed by atoms with Crippen LogP contribution in [0.2, 0.25) is 0 Å². The molecular formula is C26H31N3O4. The third kappa shape index (κ3) is 4.88. The van der Waals surface area contributed by atoms with Crippen molar-refractivity contribution < 1.29 is 14.3 Å². The number of hydrogen-bond acceptors (Lipinski definition) is 4. The molecule has 0 saturated heterocycles. The molecule has 2 heterocycles. The lowest BCUT2D eigenvalue weighted by Gasteiger charge is -2.26. The summed E-state index contributed by atoms with van der Waals surface area (Å²) >= 11 is 0. The molecule has 0 bridgehead atoms. The molecule has 1 aromatic heterocycles. The summed E-state index contributed by atoms with van der Waals surface area (Å²) < 4.78 is 7.74. The van der Waals surface area contributed by atoms with Crippen molar-refractivity contribution in [3.05, 3.63) is 69.1 Å². The van der Waals surface area contributed by atoms with Crippen molar-refractivity contribution in [3.63, 3.8) is 0 Å². The molecule has 1 aliphatic heterocycles. The Labute approximate surface area is 193 Å². The van der Waals surface area contributed by atoms with Crippen LogP contribution in [0, 0.1) is 0 Å². The van der Waals surface area contributed by atoms with Crippen LogP contribution in [-0.4, -0.2) is 35.6 Å². The first kappa shape index (κ1) is 21.9. The number of hydrogen-bond donors (Lipinski definition) is 2. The molecule has 2 saturated carbocycles. The second-order valence-corrected chi connectivity index (χ2v) is 9.42. The maximum atomic E-state index is 13.2. The molecule has 174 valence electrons. The Morgan fingerprint density at radius 3 is 2.45 bits per heavy atom. The van der Waals surface area contributed by atoms with E-state index in [0.717, 1.165) is 50.5 Å². The van der Waals surface area contributed by atoms with Gasteiger partial charge in [-0.15, -0.1) is 0 Å². The van der Waals surface area contributed by atoms with E-state index in [2.05, 4.69) is 16.7 Å². The average molecular weight is 450 g/mol. The summed E-state index contributed by atoms with van der Waals surface area (Å²) in [7, 11) is 0. The van der Waals surface area contributed by atoms with E-state index in [-0.39, 0.29) is 41.8 Å². The van der Waals surface area contributed by atoms with E-state index < -0.39 is 11.3 Å². The number of pyridine rings is 1. The molecule has 33 heavy (non-hydrogen) atoms. The number of ether oxygens (including phenoxy) is 1. The Morgan fingerprint density at radius 1 is 0.970 bits per heavy atom. The van der Waals surface area contributed by atoms with Gasteiger partial charge in [0, 0.05) is 31.0 Å². The number of fused-ring (bicyclic) bond motifs is 1. The summed E-state index contributed by atoms with van der Waals surface area (Å²) in [5.74, 6) is -0.839. The first-order chi connectivity index (χ1) is 16.1. The summed E-state index contributed by atoms with van der Waals surface area (Å²) in [6.07, 6.45) is 11.0. The number of nitrogens with one attached hydrogen (secondary N) is 2.